The minimum atomic E-state index is 0.571. The maximum atomic E-state index is 4.75. The molecule has 1 N–H and O–H groups in total. The highest BCUT2D eigenvalue weighted by Crippen LogP contribution is 2.32. The van der Waals surface area contributed by atoms with Gasteiger partial charge in [-0.3, -0.25) is 4.40 Å². The Labute approximate surface area is 133 Å². The molecule has 0 amide bonds. The fraction of sp³-hybridized carbons (Fsp3) is 0.312. The molecule has 0 radical (unpaired) electrons. The summed E-state index contributed by atoms with van der Waals surface area (Å²) >= 11 is 3.42. The van der Waals surface area contributed by atoms with Crippen LogP contribution in [0, 0.1) is 0 Å². The molecular formula is C16H19N3S2. The summed E-state index contributed by atoms with van der Waals surface area (Å²) in [5.74, 6) is 0.571. The van der Waals surface area contributed by atoms with E-state index in [0.29, 0.717) is 5.92 Å². The van der Waals surface area contributed by atoms with Crippen LogP contribution in [-0.4, -0.2) is 16.4 Å². The van der Waals surface area contributed by atoms with Gasteiger partial charge in [-0.15, -0.1) is 11.3 Å². The zero-order valence-electron chi connectivity index (χ0n) is 12.5. The summed E-state index contributed by atoms with van der Waals surface area (Å²) in [7, 11) is 1.97. The molecule has 21 heavy (non-hydrogen) atoms. The van der Waals surface area contributed by atoms with Crippen molar-refractivity contribution in [2.75, 3.05) is 7.05 Å². The second kappa shape index (κ2) is 6.22. The van der Waals surface area contributed by atoms with Crippen molar-refractivity contribution in [3.63, 3.8) is 0 Å². The Kier molecular flexibility index (Phi) is 4.33. The SMILES string of the molecule is CNCc1c(Sc2ccc(C(C)C)cc2)nc2sccn12. The van der Waals surface area contributed by atoms with Gasteiger partial charge in [0.1, 0.15) is 5.03 Å². The fourth-order valence-corrected chi connectivity index (χ4v) is 3.96. The first-order valence-electron chi connectivity index (χ1n) is 7.06. The summed E-state index contributed by atoms with van der Waals surface area (Å²) in [6, 6.07) is 8.81. The van der Waals surface area contributed by atoms with Gasteiger partial charge in [0.25, 0.3) is 0 Å². The molecule has 0 aliphatic heterocycles. The van der Waals surface area contributed by atoms with Crippen molar-refractivity contribution in [2.45, 2.75) is 36.2 Å². The van der Waals surface area contributed by atoms with Gasteiger partial charge in [0.15, 0.2) is 4.96 Å². The highest BCUT2D eigenvalue weighted by atomic mass is 32.2. The van der Waals surface area contributed by atoms with E-state index >= 15 is 0 Å². The number of thiazole rings is 1. The highest BCUT2D eigenvalue weighted by molar-refractivity contribution is 7.99. The predicted molar refractivity (Wildman–Crippen MR) is 90.5 cm³/mol. The van der Waals surface area contributed by atoms with Crippen LogP contribution < -0.4 is 5.32 Å². The summed E-state index contributed by atoms with van der Waals surface area (Å²) in [6.45, 7) is 5.26. The summed E-state index contributed by atoms with van der Waals surface area (Å²) in [5.41, 5.74) is 2.60. The molecule has 110 valence electrons. The van der Waals surface area contributed by atoms with Crippen molar-refractivity contribution in [2.24, 2.45) is 0 Å². The van der Waals surface area contributed by atoms with Crippen molar-refractivity contribution >= 4 is 28.1 Å². The van der Waals surface area contributed by atoms with E-state index in [9.17, 15) is 0 Å². The van der Waals surface area contributed by atoms with Gasteiger partial charge < -0.3 is 5.32 Å². The number of hydrogen-bond donors (Lipinski definition) is 1. The molecule has 0 saturated heterocycles. The van der Waals surface area contributed by atoms with Gasteiger partial charge in [-0.25, -0.2) is 4.98 Å². The second-order valence-corrected chi connectivity index (χ2v) is 7.21. The Hall–Kier alpha value is -1.30. The number of nitrogens with one attached hydrogen (secondary N) is 1. The Morgan fingerprint density at radius 1 is 1.29 bits per heavy atom. The lowest BCUT2D eigenvalue weighted by molar-refractivity contribution is 0.765. The number of aromatic nitrogens is 2. The minimum absolute atomic E-state index is 0.571. The van der Waals surface area contributed by atoms with Crippen LogP contribution >= 0.6 is 23.1 Å². The zero-order valence-corrected chi connectivity index (χ0v) is 14.1. The minimum Gasteiger partial charge on any atom is -0.314 e. The lowest BCUT2D eigenvalue weighted by atomic mass is 10.0. The first-order valence-corrected chi connectivity index (χ1v) is 8.75. The molecule has 5 heteroatoms. The van der Waals surface area contributed by atoms with Crippen LogP contribution in [0.1, 0.15) is 31.0 Å². The van der Waals surface area contributed by atoms with E-state index in [1.165, 1.54) is 16.2 Å². The van der Waals surface area contributed by atoms with Crippen LogP contribution in [0.25, 0.3) is 4.96 Å². The smallest absolute Gasteiger partial charge is 0.194 e. The standard InChI is InChI=1S/C16H19N3S2/c1-11(2)12-4-6-13(7-5-12)21-15-14(10-17-3)19-8-9-20-16(19)18-15/h4-9,11,17H,10H2,1-3H3. The first kappa shape index (κ1) is 14.6. The lowest BCUT2D eigenvalue weighted by Gasteiger charge is -2.07. The molecule has 0 aliphatic carbocycles. The molecule has 0 saturated carbocycles. The van der Waals surface area contributed by atoms with E-state index in [1.54, 1.807) is 23.1 Å². The summed E-state index contributed by atoms with van der Waals surface area (Å²) in [5, 5.41) is 6.40. The molecule has 0 unspecified atom stereocenters. The van der Waals surface area contributed by atoms with Gasteiger partial charge >= 0.3 is 0 Å². The molecule has 0 aliphatic rings. The zero-order chi connectivity index (χ0) is 14.8. The van der Waals surface area contributed by atoms with Gasteiger partial charge in [0, 0.05) is 23.0 Å². The Morgan fingerprint density at radius 3 is 2.71 bits per heavy atom. The molecule has 1 aromatic carbocycles. The third kappa shape index (κ3) is 3.00. The van der Waals surface area contributed by atoms with E-state index in [4.69, 9.17) is 4.98 Å². The predicted octanol–water partition coefficient (Wildman–Crippen LogP) is 4.39. The molecule has 0 spiro atoms. The number of imidazole rings is 1. The van der Waals surface area contributed by atoms with E-state index in [1.807, 2.05) is 7.05 Å². The quantitative estimate of drug-likeness (QED) is 0.757. The lowest BCUT2D eigenvalue weighted by Crippen LogP contribution is -2.08. The molecule has 0 atom stereocenters. The van der Waals surface area contributed by atoms with E-state index in [2.05, 4.69) is 59.4 Å². The number of hydrogen-bond acceptors (Lipinski definition) is 4. The summed E-state index contributed by atoms with van der Waals surface area (Å²) in [4.78, 5) is 7.04. The van der Waals surface area contributed by atoms with E-state index < -0.39 is 0 Å². The molecule has 3 aromatic rings. The molecule has 0 fully saturated rings. The Balaban J connectivity index is 1.89. The third-order valence-corrected chi connectivity index (χ3v) is 5.21. The summed E-state index contributed by atoms with van der Waals surface area (Å²) < 4.78 is 2.17. The van der Waals surface area contributed by atoms with Crippen molar-refractivity contribution < 1.29 is 0 Å². The number of rotatable bonds is 5. The fourth-order valence-electron chi connectivity index (χ4n) is 2.26. The van der Waals surface area contributed by atoms with Crippen molar-refractivity contribution in [3.05, 3.63) is 47.1 Å². The first-order chi connectivity index (χ1) is 10.2. The van der Waals surface area contributed by atoms with Crippen LogP contribution in [0.3, 0.4) is 0 Å². The van der Waals surface area contributed by atoms with Crippen LogP contribution in [0.2, 0.25) is 0 Å². The van der Waals surface area contributed by atoms with Gasteiger partial charge in [-0.2, -0.15) is 0 Å². The Morgan fingerprint density at radius 2 is 2.05 bits per heavy atom. The number of nitrogens with zero attached hydrogens (tertiary/aromatic N) is 2. The second-order valence-electron chi connectivity index (χ2n) is 5.28. The normalized spacial score (nSPS) is 11.6. The number of fused-ring (bicyclic) bond motifs is 1. The number of benzene rings is 1. The summed E-state index contributed by atoms with van der Waals surface area (Å²) in [6.07, 6.45) is 2.09. The molecule has 2 aromatic heterocycles. The maximum absolute atomic E-state index is 4.75. The third-order valence-electron chi connectivity index (χ3n) is 3.43. The van der Waals surface area contributed by atoms with Gasteiger partial charge in [-0.1, -0.05) is 37.7 Å². The van der Waals surface area contributed by atoms with Gasteiger partial charge in [0.2, 0.25) is 0 Å². The average Bonchev–Trinajstić information content (AvgIpc) is 3.03. The molecule has 3 nitrogen and oxygen atoms in total. The Bertz CT molecular complexity index is 726. The average molecular weight is 317 g/mol. The monoisotopic (exact) mass is 317 g/mol. The van der Waals surface area contributed by atoms with Crippen LogP contribution in [-0.2, 0) is 6.54 Å². The van der Waals surface area contributed by atoms with Crippen LogP contribution in [0.4, 0.5) is 0 Å². The molecule has 0 bridgehead atoms. The van der Waals surface area contributed by atoms with Crippen molar-refractivity contribution in [1.29, 1.82) is 0 Å². The van der Waals surface area contributed by atoms with Crippen molar-refractivity contribution in [1.82, 2.24) is 14.7 Å². The molecular weight excluding hydrogens is 298 g/mol. The van der Waals surface area contributed by atoms with Gasteiger partial charge in [-0.05, 0) is 30.7 Å². The van der Waals surface area contributed by atoms with E-state index in [0.717, 1.165) is 16.5 Å². The maximum Gasteiger partial charge on any atom is 0.194 e. The highest BCUT2D eigenvalue weighted by Gasteiger charge is 2.13. The molecule has 3 rings (SSSR count). The largest absolute Gasteiger partial charge is 0.314 e. The van der Waals surface area contributed by atoms with Crippen LogP contribution in [0.15, 0.2) is 45.8 Å². The molecule has 2 heterocycles. The van der Waals surface area contributed by atoms with Crippen LogP contribution in [0.5, 0.6) is 0 Å². The van der Waals surface area contributed by atoms with Crippen molar-refractivity contribution in [3.8, 4) is 0 Å². The topological polar surface area (TPSA) is 29.3 Å². The van der Waals surface area contributed by atoms with E-state index in [-0.39, 0.29) is 0 Å². The van der Waals surface area contributed by atoms with Gasteiger partial charge in [0.05, 0.1) is 5.69 Å².